The molecule has 62 valence electrons. The summed E-state index contributed by atoms with van der Waals surface area (Å²) in [5, 5.41) is 0. The van der Waals surface area contributed by atoms with Gasteiger partial charge in [-0.05, 0) is 0 Å². The number of hydrogen-bond acceptors (Lipinski definition) is 3. The fourth-order valence-corrected chi connectivity index (χ4v) is 0.295. The zero-order chi connectivity index (χ0) is 8.04. The minimum absolute atomic E-state index is 0.0317. The van der Waals surface area contributed by atoms with Gasteiger partial charge in [0.15, 0.2) is 0 Å². The van der Waals surface area contributed by atoms with E-state index in [-0.39, 0.29) is 13.2 Å². The number of alkyl halides is 3. The molecule has 0 rings (SSSR count). The van der Waals surface area contributed by atoms with Crippen molar-refractivity contribution < 1.29 is 22.7 Å². The Bertz CT molecular complexity index is 85.1. The van der Waals surface area contributed by atoms with Crippen LogP contribution in [0, 0.1) is 0 Å². The highest BCUT2D eigenvalue weighted by molar-refractivity contribution is 4.44. The van der Waals surface area contributed by atoms with Crippen LogP contribution in [0.1, 0.15) is 0 Å². The van der Waals surface area contributed by atoms with E-state index >= 15 is 0 Å². The first kappa shape index (κ1) is 9.67. The maximum Gasteiger partial charge on any atom is 0.411 e. The van der Waals surface area contributed by atoms with E-state index in [1.165, 1.54) is 0 Å². The molecule has 6 heteroatoms. The topological polar surface area (TPSA) is 44.5 Å². The number of hydrogen-bond donors (Lipinski definition) is 1. The van der Waals surface area contributed by atoms with Crippen LogP contribution < -0.4 is 5.90 Å². The van der Waals surface area contributed by atoms with Gasteiger partial charge in [0.05, 0.1) is 13.2 Å². The summed E-state index contributed by atoms with van der Waals surface area (Å²) in [6, 6.07) is 0. The Hall–Kier alpha value is -0.330. The number of ether oxygens (including phenoxy) is 1. The van der Waals surface area contributed by atoms with E-state index in [0.29, 0.717) is 0 Å². The predicted molar refractivity (Wildman–Crippen MR) is 27.0 cm³/mol. The molecule has 0 atom stereocenters. The van der Waals surface area contributed by atoms with E-state index in [1.807, 2.05) is 0 Å². The summed E-state index contributed by atoms with van der Waals surface area (Å²) in [5.74, 6) is 4.52. The van der Waals surface area contributed by atoms with Crippen LogP contribution in [0.3, 0.4) is 0 Å². The van der Waals surface area contributed by atoms with Crippen LogP contribution in [0.5, 0.6) is 0 Å². The monoisotopic (exact) mass is 159 g/mol. The van der Waals surface area contributed by atoms with Crippen LogP contribution in [0.4, 0.5) is 13.2 Å². The summed E-state index contributed by atoms with van der Waals surface area (Å²) in [6.45, 7) is -1.43. The Morgan fingerprint density at radius 2 is 1.80 bits per heavy atom. The molecule has 10 heavy (non-hydrogen) atoms. The smallest absolute Gasteiger partial charge is 0.370 e. The molecule has 0 aliphatic heterocycles. The molecule has 0 aromatic carbocycles. The summed E-state index contributed by atoms with van der Waals surface area (Å²) >= 11 is 0. The van der Waals surface area contributed by atoms with Gasteiger partial charge >= 0.3 is 6.18 Å². The van der Waals surface area contributed by atoms with E-state index in [2.05, 4.69) is 15.5 Å². The second kappa shape index (κ2) is 4.48. The maximum absolute atomic E-state index is 11.3. The van der Waals surface area contributed by atoms with Crippen molar-refractivity contribution in [3.8, 4) is 0 Å². The Balaban J connectivity index is 3.04. The van der Waals surface area contributed by atoms with Gasteiger partial charge in [0, 0.05) is 0 Å². The summed E-state index contributed by atoms with van der Waals surface area (Å²) in [7, 11) is 0. The van der Waals surface area contributed by atoms with Gasteiger partial charge in [0.1, 0.15) is 6.61 Å². The van der Waals surface area contributed by atoms with Crippen molar-refractivity contribution >= 4 is 0 Å². The van der Waals surface area contributed by atoms with Crippen LogP contribution in [-0.4, -0.2) is 26.0 Å². The Morgan fingerprint density at radius 1 is 1.20 bits per heavy atom. The molecule has 2 N–H and O–H groups in total. The molecule has 0 spiro atoms. The van der Waals surface area contributed by atoms with Gasteiger partial charge in [0.25, 0.3) is 0 Å². The van der Waals surface area contributed by atoms with Crippen molar-refractivity contribution in [1.29, 1.82) is 0 Å². The molecular weight excluding hydrogens is 151 g/mol. The number of halogens is 3. The van der Waals surface area contributed by atoms with Crippen LogP contribution in [0.2, 0.25) is 0 Å². The van der Waals surface area contributed by atoms with Crippen LogP contribution in [0.25, 0.3) is 0 Å². The summed E-state index contributed by atoms with van der Waals surface area (Å²) < 4.78 is 38.0. The van der Waals surface area contributed by atoms with Gasteiger partial charge in [-0.2, -0.15) is 13.2 Å². The molecule has 0 unspecified atom stereocenters. The summed E-state index contributed by atoms with van der Waals surface area (Å²) in [6.07, 6.45) is -4.27. The van der Waals surface area contributed by atoms with Crippen molar-refractivity contribution in [3.63, 3.8) is 0 Å². The zero-order valence-corrected chi connectivity index (χ0v) is 5.15. The molecule has 0 saturated carbocycles. The Labute approximate surface area is 55.9 Å². The van der Waals surface area contributed by atoms with E-state index in [9.17, 15) is 13.2 Å². The molecule has 0 aromatic heterocycles. The molecule has 0 fully saturated rings. The van der Waals surface area contributed by atoms with Crippen LogP contribution in [0.15, 0.2) is 0 Å². The normalized spacial score (nSPS) is 12.0. The molecule has 0 aliphatic rings. The number of rotatable bonds is 4. The molecule has 0 amide bonds. The van der Waals surface area contributed by atoms with Crippen molar-refractivity contribution in [2.75, 3.05) is 19.8 Å². The molecule has 0 radical (unpaired) electrons. The first-order valence-corrected chi connectivity index (χ1v) is 2.52. The predicted octanol–water partition coefficient (Wildman–Crippen LogP) is 0.456. The molecular formula is C4H8F3NO2. The Morgan fingerprint density at radius 3 is 2.20 bits per heavy atom. The third kappa shape index (κ3) is 7.67. The molecule has 0 aliphatic carbocycles. The van der Waals surface area contributed by atoms with Gasteiger partial charge in [-0.3, -0.25) is 0 Å². The average molecular weight is 159 g/mol. The SMILES string of the molecule is NOCCOCC(F)(F)F. The molecule has 0 heterocycles. The highest BCUT2D eigenvalue weighted by atomic mass is 19.4. The lowest BCUT2D eigenvalue weighted by Gasteiger charge is -2.05. The minimum atomic E-state index is -4.27. The lowest BCUT2D eigenvalue weighted by Crippen LogP contribution is -2.19. The van der Waals surface area contributed by atoms with Gasteiger partial charge in [0.2, 0.25) is 0 Å². The van der Waals surface area contributed by atoms with Crippen molar-refractivity contribution in [3.05, 3.63) is 0 Å². The highest BCUT2D eigenvalue weighted by Crippen LogP contribution is 2.13. The molecule has 0 bridgehead atoms. The second-order valence-corrected chi connectivity index (χ2v) is 1.54. The second-order valence-electron chi connectivity index (χ2n) is 1.54. The van der Waals surface area contributed by atoms with E-state index in [0.717, 1.165) is 0 Å². The maximum atomic E-state index is 11.3. The van der Waals surface area contributed by atoms with Gasteiger partial charge < -0.3 is 9.57 Å². The van der Waals surface area contributed by atoms with E-state index < -0.39 is 12.8 Å². The van der Waals surface area contributed by atoms with E-state index in [4.69, 9.17) is 0 Å². The Kier molecular flexibility index (Phi) is 4.33. The molecule has 0 aromatic rings. The summed E-state index contributed by atoms with van der Waals surface area (Å²) in [5.41, 5.74) is 0. The van der Waals surface area contributed by atoms with Gasteiger partial charge in [-0.1, -0.05) is 0 Å². The number of nitrogens with two attached hydrogens (primary N) is 1. The fraction of sp³-hybridized carbons (Fsp3) is 1.00. The van der Waals surface area contributed by atoms with Gasteiger partial charge in [-0.15, -0.1) is 0 Å². The van der Waals surface area contributed by atoms with Crippen molar-refractivity contribution in [2.24, 2.45) is 5.90 Å². The van der Waals surface area contributed by atoms with Gasteiger partial charge in [-0.25, -0.2) is 5.90 Å². The largest absolute Gasteiger partial charge is 0.411 e. The zero-order valence-electron chi connectivity index (χ0n) is 5.15. The van der Waals surface area contributed by atoms with Crippen LogP contribution >= 0.6 is 0 Å². The fourth-order valence-electron chi connectivity index (χ4n) is 0.295. The summed E-state index contributed by atoms with van der Waals surface area (Å²) in [4.78, 5) is 3.96. The molecule has 0 saturated heterocycles. The minimum Gasteiger partial charge on any atom is -0.370 e. The molecule has 3 nitrogen and oxygen atoms in total. The van der Waals surface area contributed by atoms with Crippen molar-refractivity contribution in [1.82, 2.24) is 0 Å². The lowest BCUT2D eigenvalue weighted by atomic mass is 10.7. The van der Waals surface area contributed by atoms with E-state index in [1.54, 1.807) is 0 Å². The third-order valence-corrected chi connectivity index (χ3v) is 0.611. The lowest BCUT2D eigenvalue weighted by molar-refractivity contribution is -0.176. The standard InChI is InChI=1S/C4H8F3NO2/c5-4(6,7)3-9-1-2-10-8/h1-3,8H2. The van der Waals surface area contributed by atoms with Crippen LogP contribution in [-0.2, 0) is 9.57 Å². The first-order chi connectivity index (χ1) is 4.56. The average Bonchev–Trinajstić information content (AvgIpc) is 1.78. The van der Waals surface area contributed by atoms with Crippen molar-refractivity contribution in [2.45, 2.75) is 6.18 Å². The quantitative estimate of drug-likeness (QED) is 0.478. The highest BCUT2D eigenvalue weighted by Gasteiger charge is 2.27. The third-order valence-electron chi connectivity index (χ3n) is 0.611. The first-order valence-electron chi connectivity index (χ1n) is 2.52.